The summed E-state index contributed by atoms with van der Waals surface area (Å²) >= 11 is 0. The van der Waals surface area contributed by atoms with Crippen LogP contribution in [0.4, 0.5) is 0 Å². The number of rotatable bonds is 3. The van der Waals surface area contributed by atoms with E-state index in [9.17, 15) is 9.90 Å². The van der Waals surface area contributed by atoms with Gasteiger partial charge >= 0.3 is 5.97 Å². The molecule has 1 aromatic carbocycles. The van der Waals surface area contributed by atoms with E-state index >= 15 is 0 Å². The number of carbonyl (C=O) groups is 1. The van der Waals surface area contributed by atoms with Crippen molar-refractivity contribution in [1.29, 1.82) is 0 Å². The zero-order chi connectivity index (χ0) is 14.7. The summed E-state index contributed by atoms with van der Waals surface area (Å²) in [5, 5.41) is 9.62. The molecule has 2 heteroatoms. The Kier molecular flexibility index (Phi) is 4.62. The average Bonchev–Trinajstić information content (AvgIpc) is 2.55. The quantitative estimate of drug-likeness (QED) is 0.798. The van der Waals surface area contributed by atoms with Gasteiger partial charge in [0, 0.05) is 0 Å². The summed E-state index contributed by atoms with van der Waals surface area (Å²) in [7, 11) is 0. The van der Waals surface area contributed by atoms with E-state index in [1.54, 1.807) is 0 Å². The molecule has 2 aliphatic rings. The van der Waals surface area contributed by atoms with Gasteiger partial charge in [-0.05, 0) is 54.7 Å². The minimum absolute atomic E-state index is 0.475. The fourth-order valence-electron chi connectivity index (χ4n) is 4.39. The number of hydrogen-bond acceptors (Lipinski definition) is 1. The molecule has 2 nitrogen and oxygen atoms in total. The Bertz CT molecular complexity index is 494. The lowest BCUT2D eigenvalue weighted by Gasteiger charge is -2.30. The molecule has 3 rings (SSSR count). The van der Waals surface area contributed by atoms with Gasteiger partial charge in [-0.2, -0.15) is 0 Å². The van der Waals surface area contributed by atoms with Gasteiger partial charge in [-0.3, -0.25) is 0 Å². The SMILES string of the molecule is O=C(O)c1cccc(C2CCCCC2)c1C1CCCCC1. The predicted molar refractivity (Wildman–Crippen MR) is 85.1 cm³/mol. The van der Waals surface area contributed by atoms with Gasteiger partial charge in [0.05, 0.1) is 5.56 Å². The molecule has 0 unspecified atom stereocenters. The molecule has 0 heterocycles. The second-order valence-electron chi connectivity index (χ2n) is 6.78. The molecule has 114 valence electrons. The molecule has 1 N–H and O–H groups in total. The van der Waals surface area contributed by atoms with Crippen LogP contribution in [-0.4, -0.2) is 11.1 Å². The third-order valence-corrected chi connectivity index (χ3v) is 5.43. The smallest absolute Gasteiger partial charge is 0.335 e. The maximum absolute atomic E-state index is 11.7. The molecular weight excluding hydrogens is 260 g/mol. The highest BCUT2D eigenvalue weighted by atomic mass is 16.4. The number of carboxylic acid groups (broad SMARTS) is 1. The second-order valence-corrected chi connectivity index (χ2v) is 6.78. The van der Waals surface area contributed by atoms with Crippen molar-refractivity contribution in [2.24, 2.45) is 0 Å². The summed E-state index contributed by atoms with van der Waals surface area (Å²) in [5.41, 5.74) is 3.13. The van der Waals surface area contributed by atoms with Gasteiger partial charge in [0.2, 0.25) is 0 Å². The van der Waals surface area contributed by atoms with Gasteiger partial charge in [-0.25, -0.2) is 4.79 Å². The van der Waals surface area contributed by atoms with E-state index in [-0.39, 0.29) is 0 Å². The largest absolute Gasteiger partial charge is 0.478 e. The standard InChI is InChI=1S/C19H26O2/c20-19(21)17-13-7-12-16(14-8-3-1-4-9-14)18(17)15-10-5-2-6-11-15/h7,12-15H,1-6,8-11H2,(H,20,21). The van der Waals surface area contributed by atoms with Gasteiger partial charge in [0.1, 0.15) is 0 Å². The molecule has 0 aromatic heterocycles. The van der Waals surface area contributed by atoms with Crippen molar-refractivity contribution in [2.45, 2.75) is 76.0 Å². The molecule has 0 amide bonds. The Hall–Kier alpha value is -1.31. The predicted octanol–water partition coefficient (Wildman–Crippen LogP) is 5.48. The van der Waals surface area contributed by atoms with Crippen molar-refractivity contribution >= 4 is 5.97 Å². The minimum Gasteiger partial charge on any atom is -0.478 e. The van der Waals surface area contributed by atoms with Crippen molar-refractivity contribution in [3.63, 3.8) is 0 Å². The van der Waals surface area contributed by atoms with Gasteiger partial charge < -0.3 is 5.11 Å². The van der Waals surface area contributed by atoms with Gasteiger partial charge in [0.25, 0.3) is 0 Å². The number of aromatic carboxylic acids is 1. The molecule has 0 atom stereocenters. The normalized spacial score (nSPS) is 21.3. The van der Waals surface area contributed by atoms with Crippen LogP contribution in [0.5, 0.6) is 0 Å². The first kappa shape index (κ1) is 14.6. The van der Waals surface area contributed by atoms with Gasteiger partial charge in [-0.1, -0.05) is 50.7 Å². The number of hydrogen-bond donors (Lipinski definition) is 1. The highest BCUT2D eigenvalue weighted by molar-refractivity contribution is 5.90. The molecule has 2 saturated carbocycles. The first-order chi connectivity index (χ1) is 10.3. The molecule has 2 aliphatic carbocycles. The molecule has 2 fully saturated rings. The summed E-state index contributed by atoms with van der Waals surface area (Å²) in [6.07, 6.45) is 12.6. The Morgan fingerprint density at radius 2 is 1.43 bits per heavy atom. The van der Waals surface area contributed by atoms with E-state index in [0.717, 1.165) is 0 Å². The van der Waals surface area contributed by atoms with Crippen LogP contribution >= 0.6 is 0 Å². The van der Waals surface area contributed by atoms with Crippen molar-refractivity contribution < 1.29 is 9.90 Å². The summed E-state index contributed by atoms with van der Waals surface area (Å²) in [4.78, 5) is 11.7. The topological polar surface area (TPSA) is 37.3 Å². The Morgan fingerprint density at radius 3 is 2.00 bits per heavy atom. The van der Waals surface area contributed by atoms with Crippen LogP contribution in [0.2, 0.25) is 0 Å². The Labute approximate surface area is 127 Å². The molecule has 0 spiro atoms. The molecule has 0 radical (unpaired) electrons. The van der Waals surface area contributed by atoms with Gasteiger partial charge in [-0.15, -0.1) is 0 Å². The fourth-order valence-corrected chi connectivity index (χ4v) is 4.39. The van der Waals surface area contributed by atoms with Crippen LogP contribution in [0, 0.1) is 0 Å². The first-order valence-electron chi connectivity index (χ1n) is 8.63. The highest BCUT2D eigenvalue weighted by Crippen LogP contribution is 2.42. The Balaban J connectivity index is 2.00. The van der Waals surface area contributed by atoms with Crippen LogP contribution in [0.25, 0.3) is 0 Å². The molecule has 0 bridgehead atoms. The highest BCUT2D eigenvalue weighted by Gasteiger charge is 2.27. The lowest BCUT2D eigenvalue weighted by atomic mass is 9.74. The zero-order valence-electron chi connectivity index (χ0n) is 12.8. The number of benzene rings is 1. The molecule has 21 heavy (non-hydrogen) atoms. The second kappa shape index (κ2) is 6.64. The average molecular weight is 286 g/mol. The van der Waals surface area contributed by atoms with Crippen LogP contribution in [-0.2, 0) is 0 Å². The van der Waals surface area contributed by atoms with E-state index in [1.807, 2.05) is 12.1 Å². The van der Waals surface area contributed by atoms with Crippen molar-refractivity contribution in [3.8, 4) is 0 Å². The van der Waals surface area contributed by atoms with E-state index < -0.39 is 5.97 Å². The summed E-state index contributed by atoms with van der Waals surface area (Å²) in [6, 6.07) is 5.99. The molecule has 0 aliphatic heterocycles. The maximum Gasteiger partial charge on any atom is 0.335 e. The van der Waals surface area contributed by atoms with Crippen LogP contribution in [0.1, 0.15) is 97.5 Å². The fraction of sp³-hybridized carbons (Fsp3) is 0.632. The van der Waals surface area contributed by atoms with E-state index in [4.69, 9.17) is 0 Å². The maximum atomic E-state index is 11.7. The zero-order valence-corrected chi connectivity index (χ0v) is 12.8. The van der Waals surface area contributed by atoms with Crippen molar-refractivity contribution in [2.75, 3.05) is 0 Å². The third kappa shape index (κ3) is 3.14. The van der Waals surface area contributed by atoms with Crippen molar-refractivity contribution in [1.82, 2.24) is 0 Å². The molecular formula is C19H26O2. The number of carboxylic acids is 1. The van der Waals surface area contributed by atoms with Gasteiger partial charge in [0.15, 0.2) is 0 Å². The minimum atomic E-state index is -0.742. The summed E-state index contributed by atoms with van der Waals surface area (Å²) < 4.78 is 0. The van der Waals surface area contributed by atoms with Crippen LogP contribution < -0.4 is 0 Å². The first-order valence-corrected chi connectivity index (χ1v) is 8.63. The lowest BCUT2D eigenvalue weighted by molar-refractivity contribution is 0.0694. The van der Waals surface area contributed by atoms with E-state index in [2.05, 4.69) is 6.07 Å². The third-order valence-electron chi connectivity index (χ3n) is 5.43. The van der Waals surface area contributed by atoms with E-state index in [0.29, 0.717) is 17.4 Å². The molecule has 0 saturated heterocycles. The summed E-state index contributed by atoms with van der Waals surface area (Å²) in [6.45, 7) is 0. The molecule has 1 aromatic rings. The van der Waals surface area contributed by atoms with Crippen LogP contribution in [0.3, 0.4) is 0 Å². The monoisotopic (exact) mass is 286 g/mol. The van der Waals surface area contributed by atoms with E-state index in [1.165, 1.54) is 75.3 Å². The lowest BCUT2D eigenvalue weighted by Crippen LogP contribution is -2.16. The van der Waals surface area contributed by atoms with Crippen molar-refractivity contribution in [3.05, 3.63) is 34.9 Å². The Morgan fingerprint density at radius 1 is 0.857 bits per heavy atom. The summed E-state index contributed by atoms with van der Waals surface area (Å²) in [5.74, 6) is 0.325. The van der Waals surface area contributed by atoms with Crippen LogP contribution in [0.15, 0.2) is 18.2 Å².